The lowest BCUT2D eigenvalue weighted by Crippen LogP contribution is -2.23. The zero-order valence-electron chi connectivity index (χ0n) is 9.31. The van der Waals surface area contributed by atoms with Crippen molar-refractivity contribution in [3.63, 3.8) is 0 Å². The van der Waals surface area contributed by atoms with E-state index in [0.717, 1.165) is 6.29 Å². The van der Waals surface area contributed by atoms with Crippen molar-refractivity contribution in [3.8, 4) is 0 Å². The highest BCUT2D eigenvalue weighted by Crippen LogP contribution is 2.24. The molecule has 0 N–H and O–H groups in total. The lowest BCUT2D eigenvalue weighted by Gasteiger charge is -2.20. The van der Waals surface area contributed by atoms with Gasteiger partial charge >= 0.3 is 0 Å². The van der Waals surface area contributed by atoms with Gasteiger partial charge in [-0.1, -0.05) is 34.6 Å². The van der Waals surface area contributed by atoms with Gasteiger partial charge in [-0.15, -0.1) is 0 Å². The van der Waals surface area contributed by atoms with E-state index in [1.165, 1.54) is 0 Å². The van der Waals surface area contributed by atoms with Gasteiger partial charge in [-0.05, 0) is 6.42 Å². The van der Waals surface area contributed by atoms with Crippen molar-refractivity contribution < 1.29 is 9.59 Å². The number of carbonyl (C=O) groups excluding carboxylic acids is 2. The molecule has 0 rings (SSSR count). The molecule has 0 radical (unpaired) electrons. The Bertz CT molecular complexity index is 197. The molecule has 0 bridgehead atoms. The second-order valence-corrected chi connectivity index (χ2v) is 5.28. The summed E-state index contributed by atoms with van der Waals surface area (Å²) in [7, 11) is 0. The van der Waals surface area contributed by atoms with E-state index in [0.29, 0.717) is 12.8 Å². The van der Waals surface area contributed by atoms with E-state index in [2.05, 4.69) is 0 Å². The molecule has 0 aromatic carbocycles. The Balaban J connectivity index is 4.05. The summed E-state index contributed by atoms with van der Waals surface area (Å²) in [5.74, 6) is 0.224. The predicted molar refractivity (Wildman–Crippen MR) is 53.5 cm³/mol. The molecule has 0 unspecified atom stereocenters. The zero-order valence-corrected chi connectivity index (χ0v) is 9.31. The van der Waals surface area contributed by atoms with Crippen LogP contribution in [0.1, 0.15) is 47.5 Å². The van der Waals surface area contributed by atoms with Crippen molar-refractivity contribution in [1.29, 1.82) is 0 Å². The van der Waals surface area contributed by atoms with Crippen LogP contribution in [0.3, 0.4) is 0 Å². The summed E-state index contributed by atoms with van der Waals surface area (Å²) < 4.78 is 0. The highest BCUT2D eigenvalue weighted by Gasteiger charge is 2.24. The summed E-state index contributed by atoms with van der Waals surface area (Å²) in [6, 6.07) is 0. The number of rotatable bonds is 4. The molecule has 0 aliphatic rings. The number of hydrogen-bond donors (Lipinski definition) is 0. The smallest absolute Gasteiger partial charge is 0.138 e. The average Bonchev–Trinajstić information content (AvgIpc) is 1.98. The largest absolute Gasteiger partial charge is 0.303 e. The molecule has 76 valence electrons. The van der Waals surface area contributed by atoms with Crippen LogP contribution in [0.15, 0.2) is 0 Å². The van der Waals surface area contributed by atoms with Crippen molar-refractivity contribution in [3.05, 3.63) is 0 Å². The normalized spacial score (nSPS) is 12.7. The Labute approximate surface area is 80.7 Å². The van der Waals surface area contributed by atoms with Crippen molar-refractivity contribution >= 4 is 12.1 Å². The van der Waals surface area contributed by atoms with Crippen molar-refractivity contribution in [2.24, 2.45) is 10.8 Å². The van der Waals surface area contributed by atoms with Gasteiger partial charge in [0.15, 0.2) is 0 Å². The highest BCUT2D eigenvalue weighted by atomic mass is 16.1. The average molecular weight is 184 g/mol. The van der Waals surface area contributed by atoms with Gasteiger partial charge in [0.1, 0.15) is 12.1 Å². The van der Waals surface area contributed by atoms with Gasteiger partial charge in [0.2, 0.25) is 0 Å². The fraction of sp³-hybridized carbons (Fsp3) is 0.818. The number of carbonyl (C=O) groups is 2. The molecule has 2 nitrogen and oxygen atoms in total. The Morgan fingerprint density at radius 3 is 1.92 bits per heavy atom. The summed E-state index contributed by atoms with van der Waals surface area (Å²) >= 11 is 0. The summed E-state index contributed by atoms with van der Waals surface area (Å²) in [6.07, 6.45) is 2.06. The highest BCUT2D eigenvalue weighted by molar-refractivity contribution is 5.83. The van der Waals surface area contributed by atoms with E-state index in [9.17, 15) is 9.59 Å². The predicted octanol–water partition coefficient (Wildman–Crippen LogP) is 2.61. The Morgan fingerprint density at radius 1 is 1.15 bits per heavy atom. The lowest BCUT2D eigenvalue weighted by atomic mass is 9.82. The first-order valence-electron chi connectivity index (χ1n) is 4.69. The molecule has 2 heteroatoms. The molecule has 13 heavy (non-hydrogen) atoms. The molecule has 0 atom stereocenters. The molecule has 0 amide bonds. The van der Waals surface area contributed by atoms with Gasteiger partial charge in [-0.3, -0.25) is 4.79 Å². The van der Waals surface area contributed by atoms with Gasteiger partial charge in [0, 0.05) is 17.3 Å². The zero-order chi connectivity index (χ0) is 10.7. The molecule has 0 fully saturated rings. The van der Waals surface area contributed by atoms with E-state index < -0.39 is 0 Å². The summed E-state index contributed by atoms with van der Waals surface area (Å²) in [5, 5.41) is 0. The van der Waals surface area contributed by atoms with Crippen LogP contribution >= 0.6 is 0 Å². The summed E-state index contributed by atoms with van der Waals surface area (Å²) in [5.41, 5.74) is -0.639. The van der Waals surface area contributed by atoms with E-state index in [1.54, 1.807) is 0 Å². The minimum Gasteiger partial charge on any atom is -0.303 e. The van der Waals surface area contributed by atoms with Gasteiger partial charge in [0.05, 0.1) is 0 Å². The van der Waals surface area contributed by atoms with Crippen LogP contribution in [0.4, 0.5) is 0 Å². The van der Waals surface area contributed by atoms with Gasteiger partial charge in [0.25, 0.3) is 0 Å². The molecule has 0 aliphatic heterocycles. The second-order valence-electron chi connectivity index (χ2n) is 5.28. The monoisotopic (exact) mass is 184 g/mol. The maximum Gasteiger partial charge on any atom is 0.138 e. The summed E-state index contributed by atoms with van der Waals surface area (Å²) in [6.45, 7) is 9.43. The molecule has 0 aliphatic carbocycles. The number of Topliss-reactive ketones (excluding diaryl/α,β-unsaturated/α-hetero) is 1. The van der Waals surface area contributed by atoms with Gasteiger partial charge in [-0.25, -0.2) is 0 Å². The Morgan fingerprint density at radius 2 is 1.62 bits per heavy atom. The maximum absolute atomic E-state index is 11.5. The molecule has 0 heterocycles. The van der Waals surface area contributed by atoms with Crippen molar-refractivity contribution in [2.75, 3.05) is 0 Å². The molecular formula is C11H20O2. The van der Waals surface area contributed by atoms with Crippen molar-refractivity contribution in [1.82, 2.24) is 0 Å². The molecule has 0 saturated carbocycles. The fourth-order valence-corrected chi connectivity index (χ4v) is 0.870. The minimum atomic E-state index is -0.360. The number of hydrogen-bond acceptors (Lipinski definition) is 2. The van der Waals surface area contributed by atoms with Crippen molar-refractivity contribution in [2.45, 2.75) is 47.5 Å². The van der Waals surface area contributed by atoms with Crippen LogP contribution in [-0.2, 0) is 9.59 Å². The standard InChI is InChI=1S/C11H20O2/c1-10(2,3)9(13)6-7-11(4,5)8-12/h8H,6-7H2,1-5H3. The fourth-order valence-electron chi connectivity index (χ4n) is 0.870. The van der Waals surface area contributed by atoms with E-state index in [-0.39, 0.29) is 16.6 Å². The maximum atomic E-state index is 11.5. The molecule has 0 spiro atoms. The third-order valence-electron chi connectivity index (χ3n) is 2.15. The molecule has 0 aromatic rings. The van der Waals surface area contributed by atoms with Crippen LogP contribution in [-0.4, -0.2) is 12.1 Å². The molecule has 0 aromatic heterocycles. The minimum absolute atomic E-state index is 0.224. The quantitative estimate of drug-likeness (QED) is 0.629. The first kappa shape index (κ1) is 12.3. The number of ketones is 1. The lowest BCUT2D eigenvalue weighted by molar-refractivity contribution is -0.127. The Hall–Kier alpha value is -0.660. The van der Waals surface area contributed by atoms with Crippen LogP contribution < -0.4 is 0 Å². The first-order chi connectivity index (χ1) is 5.69. The summed E-state index contributed by atoms with van der Waals surface area (Å²) in [4.78, 5) is 22.1. The van der Waals surface area contributed by atoms with E-state index >= 15 is 0 Å². The second kappa shape index (κ2) is 4.03. The van der Waals surface area contributed by atoms with Crippen LogP contribution in [0.5, 0.6) is 0 Å². The molecule has 0 saturated heterocycles. The topological polar surface area (TPSA) is 34.1 Å². The third kappa shape index (κ3) is 4.81. The number of aldehydes is 1. The van der Waals surface area contributed by atoms with Gasteiger partial charge < -0.3 is 4.79 Å². The third-order valence-corrected chi connectivity index (χ3v) is 2.15. The van der Waals surface area contributed by atoms with Crippen LogP contribution in [0.2, 0.25) is 0 Å². The SMILES string of the molecule is CC(C)(C=O)CCC(=O)C(C)(C)C. The van der Waals surface area contributed by atoms with Crippen LogP contribution in [0.25, 0.3) is 0 Å². The first-order valence-corrected chi connectivity index (χ1v) is 4.69. The Kier molecular flexibility index (Phi) is 3.83. The van der Waals surface area contributed by atoms with E-state index in [4.69, 9.17) is 0 Å². The van der Waals surface area contributed by atoms with Crippen LogP contribution in [0, 0.1) is 10.8 Å². The van der Waals surface area contributed by atoms with E-state index in [1.807, 2.05) is 34.6 Å². The molecular weight excluding hydrogens is 164 g/mol. The van der Waals surface area contributed by atoms with Gasteiger partial charge in [-0.2, -0.15) is 0 Å².